The number of hydrogen-bond donors (Lipinski definition) is 1. The molecule has 0 aliphatic carbocycles. The molecule has 0 bridgehead atoms. The summed E-state index contributed by atoms with van der Waals surface area (Å²) in [4.78, 5) is 39.3. The average molecular weight is 387 g/mol. The number of amides is 2. The van der Waals surface area contributed by atoms with E-state index in [2.05, 4.69) is 5.32 Å². The summed E-state index contributed by atoms with van der Waals surface area (Å²) in [7, 11) is 2.87. The zero-order valence-corrected chi connectivity index (χ0v) is 16.0. The number of rotatable bonds is 5. The normalized spacial score (nSPS) is 13.3. The molecule has 0 unspecified atom stereocenters. The lowest BCUT2D eigenvalue weighted by atomic mass is 9.98. The van der Waals surface area contributed by atoms with Crippen LogP contribution in [-0.2, 0) is 24.8 Å². The average Bonchev–Trinajstić information content (AvgIpc) is 2.69. The molecule has 0 saturated heterocycles. The number of fused-ring (bicyclic) bond motifs is 1. The maximum Gasteiger partial charge on any atom is 0.295 e. The Morgan fingerprint density at radius 1 is 1.25 bits per heavy atom. The molecule has 2 aromatic rings. The van der Waals surface area contributed by atoms with Crippen LogP contribution in [0.25, 0.3) is 0 Å². The molecule has 1 aliphatic rings. The van der Waals surface area contributed by atoms with E-state index >= 15 is 0 Å². The fourth-order valence-corrected chi connectivity index (χ4v) is 3.32. The van der Waals surface area contributed by atoms with Gasteiger partial charge in [0.1, 0.15) is 11.6 Å². The third-order valence-electron chi connectivity index (χ3n) is 4.85. The first-order valence-corrected chi connectivity index (χ1v) is 9.00. The van der Waals surface area contributed by atoms with Crippen LogP contribution >= 0.6 is 0 Å². The summed E-state index contributed by atoms with van der Waals surface area (Å²) in [6.45, 7) is 2.39. The van der Waals surface area contributed by atoms with Gasteiger partial charge < -0.3 is 15.0 Å². The van der Waals surface area contributed by atoms with Crippen molar-refractivity contribution in [2.75, 3.05) is 19.0 Å². The van der Waals surface area contributed by atoms with E-state index in [0.29, 0.717) is 24.3 Å². The molecule has 0 atom stereocenters. The van der Waals surface area contributed by atoms with Crippen LogP contribution in [0.1, 0.15) is 34.8 Å². The van der Waals surface area contributed by atoms with Gasteiger partial charge in [0.25, 0.3) is 11.5 Å². The largest absolute Gasteiger partial charge is 0.490 e. The number of aromatic nitrogens is 1. The minimum Gasteiger partial charge on any atom is -0.490 e. The second kappa shape index (κ2) is 7.84. The highest BCUT2D eigenvalue weighted by molar-refractivity contribution is 6.02. The third kappa shape index (κ3) is 3.49. The van der Waals surface area contributed by atoms with Crippen molar-refractivity contribution in [1.82, 2.24) is 9.47 Å². The Morgan fingerprint density at radius 2 is 1.93 bits per heavy atom. The van der Waals surface area contributed by atoms with Crippen LogP contribution in [0.3, 0.4) is 0 Å². The Balaban J connectivity index is 2.04. The van der Waals surface area contributed by atoms with E-state index in [4.69, 9.17) is 4.74 Å². The molecule has 1 N–H and O–H groups in total. The number of carbonyl (C=O) groups excluding carboxylic acids is 2. The summed E-state index contributed by atoms with van der Waals surface area (Å²) in [6.07, 6.45) is 0.700. The topological polar surface area (TPSA) is 80.6 Å². The lowest BCUT2D eigenvalue weighted by molar-refractivity contribution is -0.115. The van der Waals surface area contributed by atoms with Crippen LogP contribution in [0.15, 0.2) is 29.1 Å². The molecule has 148 valence electrons. The summed E-state index contributed by atoms with van der Waals surface area (Å²) in [5, 5.41) is 2.73. The van der Waals surface area contributed by atoms with Crippen molar-refractivity contribution < 1.29 is 18.7 Å². The number of benzene rings is 1. The first-order chi connectivity index (χ1) is 13.4. The van der Waals surface area contributed by atoms with Gasteiger partial charge >= 0.3 is 0 Å². The standard InChI is InChI=1S/C20H22FN3O4/c1-4-15(25)22-18-14-9-10-24(11-12-5-7-13(21)8-6-12)19(26)16(14)17(28-3)20(27)23(18)2/h5-8H,4,9-11H2,1-3H3,(H,22,25). The number of pyridine rings is 1. The van der Waals surface area contributed by atoms with Crippen LogP contribution in [0.4, 0.5) is 10.2 Å². The number of ether oxygens (including phenoxy) is 1. The van der Waals surface area contributed by atoms with E-state index in [1.54, 1.807) is 24.0 Å². The van der Waals surface area contributed by atoms with Gasteiger partial charge in [-0.25, -0.2) is 4.39 Å². The predicted octanol–water partition coefficient (Wildman–Crippen LogP) is 2.08. The van der Waals surface area contributed by atoms with Gasteiger partial charge in [0.2, 0.25) is 5.91 Å². The molecule has 0 radical (unpaired) electrons. The number of nitrogens with zero attached hydrogens (tertiary/aromatic N) is 2. The van der Waals surface area contributed by atoms with Crippen molar-refractivity contribution in [1.29, 1.82) is 0 Å². The Hall–Kier alpha value is -3.16. The Labute approximate surface area is 161 Å². The van der Waals surface area contributed by atoms with Crippen LogP contribution in [-0.4, -0.2) is 34.9 Å². The molecular formula is C20H22FN3O4. The molecule has 1 aromatic carbocycles. The second-order valence-electron chi connectivity index (χ2n) is 6.60. The summed E-state index contributed by atoms with van der Waals surface area (Å²) in [5.74, 6) is -0.667. The Morgan fingerprint density at radius 3 is 2.54 bits per heavy atom. The zero-order valence-electron chi connectivity index (χ0n) is 16.0. The lowest BCUT2D eigenvalue weighted by Crippen LogP contribution is -2.40. The van der Waals surface area contributed by atoms with Crippen molar-refractivity contribution >= 4 is 17.6 Å². The molecule has 0 fully saturated rings. The first-order valence-electron chi connectivity index (χ1n) is 9.00. The van der Waals surface area contributed by atoms with Crippen LogP contribution in [0.2, 0.25) is 0 Å². The van der Waals surface area contributed by atoms with E-state index < -0.39 is 5.56 Å². The zero-order chi connectivity index (χ0) is 20.4. The minimum atomic E-state index is -0.496. The smallest absolute Gasteiger partial charge is 0.295 e. The third-order valence-corrected chi connectivity index (χ3v) is 4.85. The maximum absolute atomic E-state index is 13.1. The number of anilines is 1. The predicted molar refractivity (Wildman–Crippen MR) is 102 cm³/mol. The first kappa shape index (κ1) is 19.6. The quantitative estimate of drug-likeness (QED) is 0.852. The molecule has 1 aliphatic heterocycles. The number of halogens is 1. The molecule has 1 aromatic heterocycles. The highest BCUT2D eigenvalue weighted by Gasteiger charge is 2.33. The van der Waals surface area contributed by atoms with Gasteiger partial charge in [-0.15, -0.1) is 0 Å². The van der Waals surface area contributed by atoms with Crippen molar-refractivity contribution in [2.24, 2.45) is 7.05 Å². The summed E-state index contributed by atoms with van der Waals surface area (Å²) >= 11 is 0. The molecular weight excluding hydrogens is 365 g/mol. The number of carbonyl (C=O) groups is 2. The number of nitrogens with one attached hydrogen (secondary N) is 1. The second-order valence-corrected chi connectivity index (χ2v) is 6.60. The molecule has 3 rings (SSSR count). The van der Waals surface area contributed by atoms with Crippen molar-refractivity contribution in [3.8, 4) is 5.75 Å². The summed E-state index contributed by atoms with van der Waals surface area (Å²) in [6, 6.07) is 5.91. The molecule has 0 saturated carbocycles. The van der Waals surface area contributed by atoms with Gasteiger partial charge in [0.15, 0.2) is 5.75 Å². The van der Waals surface area contributed by atoms with Gasteiger partial charge in [0, 0.05) is 32.1 Å². The minimum absolute atomic E-state index is 0.0409. The Bertz CT molecular complexity index is 982. The van der Waals surface area contributed by atoms with E-state index in [1.807, 2.05) is 0 Å². The van der Waals surface area contributed by atoms with Gasteiger partial charge in [-0.05, 0) is 24.1 Å². The van der Waals surface area contributed by atoms with E-state index in [9.17, 15) is 18.8 Å². The SMILES string of the molecule is CCC(=O)Nc1c2c(c(OC)c(=O)n1C)C(=O)N(Cc1ccc(F)cc1)CC2. The van der Waals surface area contributed by atoms with E-state index in [1.165, 1.54) is 30.9 Å². The lowest BCUT2D eigenvalue weighted by Gasteiger charge is -2.31. The van der Waals surface area contributed by atoms with Crippen LogP contribution in [0.5, 0.6) is 5.75 Å². The van der Waals surface area contributed by atoms with Crippen molar-refractivity contribution in [3.63, 3.8) is 0 Å². The highest BCUT2D eigenvalue weighted by atomic mass is 19.1. The van der Waals surface area contributed by atoms with E-state index in [-0.39, 0.29) is 41.9 Å². The van der Waals surface area contributed by atoms with E-state index in [0.717, 1.165) is 5.56 Å². The molecule has 2 amide bonds. The van der Waals surface area contributed by atoms with Gasteiger partial charge in [-0.2, -0.15) is 0 Å². The monoisotopic (exact) mass is 387 g/mol. The maximum atomic E-state index is 13.1. The fraction of sp³-hybridized carbons (Fsp3) is 0.350. The van der Waals surface area contributed by atoms with Gasteiger partial charge in [-0.1, -0.05) is 19.1 Å². The van der Waals surface area contributed by atoms with Gasteiger partial charge in [-0.3, -0.25) is 19.0 Å². The number of methoxy groups -OCH3 is 1. The van der Waals surface area contributed by atoms with Crippen molar-refractivity contribution in [2.45, 2.75) is 26.3 Å². The van der Waals surface area contributed by atoms with Crippen LogP contribution in [0, 0.1) is 5.82 Å². The molecule has 0 spiro atoms. The fourth-order valence-electron chi connectivity index (χ4n) is 3.32. The Kier molecular flexibility index (Phi) is 5.48. The number of hydrogen-bond acceptors (Lipinski definition) is 4. The molecule has 7 nitrogen and oxygen atoms in total. The molecule has 8 heteroatoms. The van der Waals surface area contributed by atoms with Crippen LogP contribution < -0.4 is 15.6 Å². The molecule has 2 heterocycles. The molecule has 28 heavy (non-hydrogen) atoms. The van der Waals surface area contributed by atoms with Gasteiger partial charge in [0.05, 0.1) is 12.7 Å². The summed E-state index contributed by atoms with van der Waals surface area (Å²) in [5.41, 5.74) is 1.04. The highest BCUT2D eigenvalue weighted by Crippen LogP contribution is 2.31. The summed E-state index contributed by atoms with van der Waals surface area (Å²) < 4.78 is 19.7. The van der Waals surface area contributed by atoms with Crippen molar-refractivity contribution in [3.05, 3.63) is 57.1 Å².